The van der Waals surface area contributed by atoms with Gasteiger partial charge in [-0.05, 0) is 43.7 Å². The van der Waals surface area contributed by atoms with Crippen LogP contribution >= 0.6 is 11.6 Å². The van der Waals surface area contributed by atoms with Crippen molar-refractivity contribution in [2.24, 2.45) is 5.92 Å². The minimum atomic E-state index is -2.78. The first-order chi connectivity index (χ1) is 13.4. The van der Waals surface area contributed by atoms with Crippen LogP contribution < -0.4 is 5.32 Å². The number of hydrogen-bond donors (Lipinski definition) is 1. The zero-order valence-corrected chi connectivity index (χ0v) is 16.0. The van der Waals surface area contributed by atoms with Crippen LogP contribution in [0.15, 0.2) is 30.7 Å². The zero-order chi connectivity index (χ0) is 19.8. The van der Waals surface area contributed by atoms with Gasteiger partial charge in [0.25, 0.3) is 12.3 Å². The number of anilines is 1. The molecule has 0 aliphatic heterocycles. The van der Waals surface area contributed by atoms with Gasteiger partial charge in [-0.1, -0.05) is 18.5 Å². The molecule has 1 saturated carbocycles. The molecule has 9 heteroatoms. The number of hydrogen-bond acceptors (Lipinski definition) is 3. The fourth-order valence-corrected chi connectivity index (χ4v) is 3.83. The predicted octanol–water partition coefficient (Wildman–Crippen LogP) is 5.13. The van der Waals surface area contributed by atoms with E-state index in [1.54, 1.807) is 23.0 Å². The summed E-state index contributed by atoms with van der Waals surface area (Å²) in [5.41, 5.74) is 0.349. The maximum absolute atomic E-state index is 13.5. The summed E-state index contributed by atoms with van der Waals surface area (Å²) < 4.78 is 30.1. The SMILES string of the molecule is C[C@H]1CC[C@H](n2cc(NC(=O)c3cnc4ccc(Cl)cn34)c(C(F)F)n2)CC1. The standard InChI is InChI=1S/C19H20ClF2N5O/c1-11-2-5-13(6-3-11)27-10-14(17(25-27)18(21)22)24-19(28)15-8-23-16-7-4-12(20)9-26(15)16/h4,7-11,13,18H,2-3,5-6H2,1H3,(H,24,28)/t11-,13-. The Morgan fingerprint density at radius 3 is 2.71 bits per heavy atom. The Kier molecular flexibility index (Phi) is 5.05. The second kappa shape index (κ2) is 7.50. The summed E-state index contributed by atoms with van der Waals surface area (Å²) in [6.45, 7) is 2.19. The van der Waals surface area contributed by atoms with Gasteiger partial charge < -0.3 is 5.32 Å². The number of carbonyl (C=O) groups excluding carboxylic acids is 1. The number of fused-ring (bicyclic) bond motifs is 1. The van der Waals surface area contributed by atoms with Gasteiger partial charge in [-0.15, -0.1) is 0 Å². The number of rotatable bonds is 4. The van der Waals surface area contributed by atoms with E-state index in [0.29, 0.717) is 16.6 Å². The van der Waals surface area contributed by atoms with E-state index < -0.39 is 18.0 Å². The van der Waals surface area contributed by atoms with Crippen molar-refractivity contribution >= 4 is 28.8 Å². The van der Waals surface area contributed by atoms with E-state index in [1.165, 1.54) is 16.8 Å². The number of alkyl halides is 2. The Bertz CT molecular complexity index is 1010. The smallest absolute Gasteiger partial charge is 0.284 e. The summed E-state index contributed by atoms with van der Waals surface area (Å²) in [6.07, 6.45) is 5.54. The van der Waals surface area contributed by atoms with Crippen molar-refractivity contribution in [1.29, 1.82) is 0 Å². The van der Waals surface area contributed by atoms with Gasteiger partial charge in [0.05, 0.1) is 22.9 Å². The summed E-state index contributed by atoms with van der Waals surface area (Å²) in [5.74, 6) is 0.0935. The average molecular weight is 408 g/mol. The van der Waals surface area contributed by atoms with Crippen molar-refractivity contribution in [2.75, 3.05) is 5.32 Å². The molecule has 3 aromatic heterocycles. The molecule has 1 fully saturated rings. The molecule has 3 aromatic rings. The molecule has 0 saturated heterocycles. The molecule has 1 aliphatic carbocycles. The highest BCUT2D eigenvalue weighted by molar-refractivity contribution is 6.30. The Balaban J connectivity index is 1.61. The normalized spacial score (nSPS) is 20.0. The van der Waals surface area contributed by atoms with Crippen LogP contribution in [-0.2, 0) is 0 Å². The van der Waals surface area contributed by atoms with E-state index in [9.17, 15) is 13.6 Å². The minimum Gasteiger partial charge on any atom is -0.318 e. The van der Waals surface area contributed by atoms with Crippen LogP contribution in [0.2, 0.25) is 5.02 Å². The van der Waals surface area contributed by atoms with Gasteiger partial charge >= 0.3 is 0 Å². The van der Waals surface area contributed by atoms with Crippen molar-refractivity contribution in [2.45, 2.75) is 45.1 Å². The van der Waals surface area contributed by atoms with Crippen molar-refractivity contribution in [3.8, 4) is 0 Å². The van der Waals surface area contributed by atoms with Gasteiger partial charge in [0.2, 0.25) is 0 Å². The third-order valence-corrected chi connectivity index (χ3v) is 5.50. The Hall–Kier alpha value is -2.48. The maximum atomic E-state index is 13.5. The fraction of sp³-hybridized carbons (Fsp3) is 0.421. The highest BCUT2D eigenvalue weighted by Gasteiger charge is 2.26. The van der Waals surface area contributed by atoms with Gasteiger partial charge in [0.1, 0.15) is 11.3 Å². The van der Waals surface area contributed by atoms with E-state index in [1.807, 2.05) is 0 Å². The number of imidazole rings is 1. The van der Waals surface area contributed by atoms with Crippen LogP contribution in [0.5, 0.6) is 0 Å². The molecule has 1 amide bonds. The lowest BCUT2D eigenvalue weighted by atomic mass is 9.87. The van der Waals surface area contributed by atoms with Crippen molar-refractivity contribution in [3.63, 3.8) is 0 Å². The van der Waals surface area contributed by atoms with Gasteiger partial charge in [0.15, 0.2) is 5.69 Å². The molecule has 1 N–H and O–H groups in total. The Labute approximate surface area is 165 Å². The van der Waals surface area contributed by atoms with E-state index >= 15 is 0 Å². The molecule has 0 radical (unpaired) electrons. The Morgan fingerprint density at radius 2 is 2.00 bits per heavy atom. The summed E-state index contributed by atoms with van der Waals surface area (Å²) in [5, 5.41) is 7.08. The average Bonchev–Trinajstić information content (AvgIpc) is 3.26. The molecule has 3 heterocycles. The number of carbonyl (C=O) groups is 1. The lowest BCUT2D eigenvalue weighted by molar-refractivity contribution is 0.102. The number of nitrogens with zero attached hydrogens (tertiary/aromatic N) is 4. The van der Waals surface area contributed by atoms with Gasteiger partial charge in [-0.2, -0.15) is 5.10 Å². The van der Waals surface area contributed by atoms with Crippen LogP contribution in [0.25, 0.3) is 5.65 Å². The second-order valence-corrected chi connectivity index (χ2v) is 7.73. The van der Waals surface area contributed by atoms with Gasteiger partial charge in [-0.25, -0.2) is 13.8 Å². The van der Waals surface area contributed by atoms with Crippen molar-refractivity contribution < 1.29 is 13.6 Å². The van der Waals surface area contributed by atoms with E-state index in [4.69, 9.17) is 11.6 Å². The number of pyridine rings is 1. The van der Waals surface area contributed by atoms with E-state index in [0.717, 1.165) is 25.7 Å². The van der Waals surface area contributed by atoms with Crippen LogP contribution in [0, 0.1) is 5.92 Å². The third-order valence-electron chi connectivity index (χ3n) is 5.28. The van der Waals surface area contributed by atoms with E-state index in [2.05, 4.69) is 22.3 Å². The molecule has 0 spiro atoms. The van der Waals surface area contributed by atoms with E-state index in [-0.39, 0.29) is 17.4 Å². The summed E-state index contributed by atoms with van der Waals surface area (Å²) in [4.78, 5) is 16.8. The topological polar surface area (TPSA) is 64.2 Å². The van der Waals surface area contributed by atoms with Crippen molar-refractivity contribution in [1.82, 2.24) is 19.2 Å². The predicted molar refractivity (Wildman–Crippen MR) is 102 cm³/mol. The number of amides is 1. The summed E-state index contributed by atoms with van der Waals surface area (Å²) in [7, 11) is 0. The fourth-order valence-electron chi connectivity index (χ4n) is 3.67. The molecule has 0 aromatic carbocycles. The molecular weight excluding hydrogens is 388 g/mol. The second-order valence-electron chi connectivity index (χ2n) is 7.30. The minimum absolute atomic E-state index is 0.0237. The highest BCUT2D eigenvalue weighted by atomic mass is 35.5. The summed E-state index contributed by atoms with van der Waals surface area (Å²) >= 11 is 5.99. The molecule has 0 atom stereocenters. The number of halogens is 3. The lowest BCUT2D eigenvalue weighted by Crippen LogP contribution is -2.17. The quantitative estimate of drug-likeness (QED) is 0.652. The molecule has 28 heavy (non-hydrogen) atoms. The van der Waals surface area contributed by atoms with Crippen LogP contribution in [0.1, 0.15) is 61.3 Å². The summed E-state index contributed by atoms with van der Waals surface area (Å²) in [6, 6.07) is 3.41. The van der Waals surface area contributed by atoms with Crippen molar-refractivity contribution in [3.05, 3.63) is 47.1 Å². The number of aromatic nitrogens is 4. The van der Waals surface area contributed by atoms with Gasteiger partial charge in [-0.3, -0.25) is 13.9 Å². The molecule has 4 rings (SSSR count). The Morgan fingerprint density at radius 1 is 1.25 bits per heavy atom. The number of nitrogens with one attached hydrogen (secondary N) is 1. The van der Waals surface area contributed by atoms with Crippen LogP contribution in [-0.4, -0.2) is 25.1 Å². The molecule has 1 aliphatic rings. The van der Waals surface area contributed by atoms with Gasteiger partial charge in [0, 0.05) is 12.4 Å². The first-order valence-corrected chi connectivity index (χ1v) is 9.61. The zero-order valence-electron chi connectivity index (χ0n) is 15.3. The molecule has 0 bridgehead atoms. The monoisotopic (exact) mass is 407 g/mol. The van der Waals surface area contributed by atoms with Crippen LogP contribution in [0.3, 0.4) is 0 Å². The van der Waals surface area contributed by atoms with Crippen LogP contribution in [0.4, 0.5) is 14.5 Å². The first-order valence-electron chi connectivity index (χ1n) is 9.23. The molecular formula is C19H20ClF2N5O. The first kappa shape index (κ1) is 18.9. The maximum Gasteiger partial charge on any atom is 0.284 e. The molecule has 0 unspecified atom stereocenters. The molecule has 6 nitrogen and oxygen atoms in total. The lowest BCUT2D eigenvalue weighted by Gasteiger charge is -2.26. The third kappa shape index (κ3) is 3.61. The largest absolute Gasteiger partial charge is 0.318 e. The highest BCUT2D eigenvalue weighted by Crippen LogP contribution is 2.34. The molecule has 148 valence electrons.